The summed E-state index contributed by atoms with van der Waals surface area (Å²) in [6.45, 7) is 0.288. The van der Waals surface area contributed by atoms with Crippen molar-refractivity contribution in [1.29, 1.82) is 5.26 Å². The summed E-state index contributed by atoms with van der Waals surface area (Å²) in [7, 11) is 1.46. The third kappa shape index (κ3) is 4.51. The minimum atomic E-state index is -0.761. The number of nitriles is 1. The van der Waals surface area contributed by atoms with Crippen molar-refractivity contribution in [2.24, 2.45) is 0 Å². The van der Waals surface area contributed by atoms with Crippen LogP contribution in [-0.4, -0.2) is 31.2 Å². The lowest BCUT2D eigenvalue weighted by Crippen LogP contribution is -2.11. The molecule has 0 bridgehead atoms. The molecule has 1 rings (SSSR count). The summed E-state index contributed by atoms with van der Waals surface area (Å²) in [5.74, 6) is -0.761. The van der Waals surface area contributed by atoms with Gasteiger partial charge in [-0.3, -0.25) is 10.1 Å². The Morgan fingerprint density at radius 3 is 2.55 bits per heavy atom. The summed E-state index contributed by atoms with van der Waals surface area (Å²) in [6.07, 6.45) is 1.30. The predicted molar refractivity (Wildman–Crippen MR) is 69.5 cm³/mol. The van der Waals surface area contributed by atoms with Crippen LogP contribution in [0.3, 0.4) is 0 Å². The van der Waals surface area contributed by atoms with Crippen LogP contribution in [0.5, 0.6) is 0 Å². The van der Waals surface area contributed by atoms with E-state index in [-0.39, 0.29) is 24.5 Å². The number of ether oxygens (including phenoxy) is 2. The highest BCUT2D eigenvalue weighted by atomic mass is 16.6. The first-order chi connectivity index (χ1) is 9.58. The van der Waals surface area contributed by atoms with Crippen molar-refractivity contribution < 1.29 is 19.2 Å². The summed E-state index contributed by atoms with van der Waals surface area (Å²) in [5.41, 5.74) is 0.245. The Bertz CT molecular complexity index is 557. The number of benzene rings is 1. The van der Waals surface area contributed by atoms with E-state index in [9.17, 15) is 14.9 Å². The van der Waals surface area contributed by atoms with Crippen LogP contribution in [0.4, 0.5) is 5.69 Å². The average Bonchev–Trinajstić information content (AvgIpc) is 2.45. The van der Waals surface area contributed by atoms with Crippen LogP contribution in [-0.2, 0) is 14.3 Å². The van der Waals surface area contributed by atoms with Gasteiger partial charge >= 0.3 is 5.97 Å². The highest BCUT2D eigenvalue weighted by molar-refractivity contribution is 5.97. The van der Waals surface area contributed by atoms with E-state index >= 15 is 0 Å². The minimum absolute atomic E-state index is 0.0502. The number of esters is 1. The fourth-order valence-electron chi connectivity index (χ4n) is 1.29. The second-order valence-electron chi connectivity index (χ2n) is 3.65. The molecule has 0 radical (unpaired) electrons. The number of hydrogen-bond acceptors (Lipinski definition) is 6. The van der Waals surface area contributed by atoms with Crippen LogP contribution in [0.2, 0.25) is 0 Å². The molecule has 20 heavy (non-hydrogen) atoms. The zero-order valence-corrected chi connectivity index (χ0v) is 10.7. The van der Waals surface area contributed by atoms with Crippen LogP contribution in [0, 0.1) is 21.4 Å². The molecule has 0 aliphatic heterocycles. The minimum Gasteiger partial charge on any atom is -0.459 e. The molecule has 7 nitrogen and oxygen atoms in total. The Hall–Kier alpha value is -2.72. The van der Waals surface area contributed by atoms with Crippen molar-refractivity contribution in [3.63, 3.8) is 0 Å². The lowest BCUT2D eigenvalue weighted by Gasteiger charge is -2.02. The van der Waals surface area contributed by atoms with E-state index in [1.54, 1.807) is 6.07 Å². The monoisotopic (exact) mass is 276 g/mol. The van der Waals surface area contributed by atoms with Gasteiger partial charge in [-0.2, -0.15) is 5.26 Å². The van der Waals surface area contributed by atoms with E-state index in [4.69, 9.17) is 14.7 Å². The maximum atomic E-state index is 11.6. The lowest BCUT2D eigenvalue weighted by molar-refractivity contribution is -0.384. The summed E-state index contributed by atoms with van der Waals surface area (Å²) in [5, 5.41) is 19.4. The van der Waals surface area contributed by atoms with Crippen LogP contribution >= 0.6 is 0 Å². The van der Waals surface area contributed by atoms with E-state index in [1.165, 1.54) is 37.5 Å². The Morgan fingerprint density at radius 2 is 2.05 bits per heavy atom. The number of non-ortho nitro benzene ring substituents is 1. The smallest absolute Gasteiger partial charge is 0.348 e. The molecule has 1 aromatic rings. The average molecular weight is 276 g/mol. The fraction of sp³-hybridized carbons (Fsp3) is 0.231. The topological polar surface area (TPSA) is 102 Å². The number of nitro groups is 1. The molecular formula is C13H12N2O5. The number of methoxy groups -OCH3 is 1. The first-order valence-corrected chi connectivity index (χ1v) is 5.60. The lowest BCUT2D eigenvalue weighted by atomic mass is 10.1. The molecule has 0 aliphatic rings. The summed E-state index contributed by atoms with van der Waals surface area (Å²) in [6, 6.07) is 7.19. The molecule has 0 saturated carbocycles. The van der Waals surface area contributed by atoms with Crippen molar-refractivity contribution in [3.05, 3.63) is 45.5 Å². The number of rotatable bonds is 6. The molecule has 7 heteroatoms. The fourth-order valence-corrected chi connectivity index (χ4v) is 1.29. The van der Waals surface area contributed by atoms with Gasteiger partial charge in [-0.15, -0.1) is 0 Å². The van der Waals surface area contributed by atoms with Crippen molar-refractivity contribution in [2.75, 3.05) is 20.3 Å². The third-order valence-electron chi connectivity index (χ3n) is 2.28. The molecule has 1 aromatic carbocycles. The van der Waals surface area contributed by atoms with Gasteiger partial charge in [0, 0.05) is 19.2 Å². The van der Waals surface area contributed by atoms with Gasteiger partial charge in [0.05, 0.1) is 11.5 Å². The van der Waals surface area contributed by atoms with Gasteiger partial charge < -0.3 is 9.47 Å². The van der Waals surface area contributed by atoms with Crippen LogP contribution in [0.25, 0.3) is 6.08 Å². The zero-order chi connectivity index (χ0) is 15.0. The molecule has 104 valence electrons. The van der Waals surface area contributed by atoms with E-state index in [2.05, 4.69) is 0 Å². The molecule has 0 fully saturated rings. The largest absolute Gasteiger partial charge is 0.459 e. The summed E-state index contributed by atoms with van der Waals surface area (Å²) < 4.78 is 9.52. The highest BCUT2D eigenvalue weighted by Crippen LogP contribution is 2.14. The van der Waals surface area contributed by atoms with Crippen molar-refractivity contribution >= 4 is 17.7 Å². The van der Waals surface area contributed by atoms with Crippen LogP contribution in [0.15, 0.2) is 29.8 Å². The first-order valence-electron chi connectivity index (χ1n) is 5.60. The SMILES string of the molecule is COCCOC(=O)C(C#N)=Cc1ccc([N+](=O)[O-])cc1. The van der Waals surface area contributed by atoms with Crippen molar-refractivity contribution in [2.45, 2.75) is 0 Å². The van der Waals surface area contributed by atoms with Gasteiger partial charge in [0.2, 0.25) is 0 Å². The van der Waals surface area contributed by atoms with Gasteiger partial charge in [0.1, 0.15) is 18.2 Å². The molecule has 0 saturated heterocycles. The van der Waals surface area contributed by atoms with Gasteiger partial charge in [-0.05, 0) is 23.8 Å². The maximum absolute atomic E-state index is 11.6. The standard InChI is InChI=1S/C13H12N2O5/c1-19-6-7-20-13(16)11(9-14)8-10-2-4-12(5-3-10)15(17)18/h2-5,8H,6-7H2,1H3. The Labute approximate surface area is 115 Å². The molecular weight excluding hydrogens is 264 g/mol. The van der Waals surface area contributed by atoms with E-state index < -0.39 is 10.9 Å². The predicted octanol–water partition coefficient (Wildman–Crippen LogP) is 1.69. The molecule has 0 unspecified atom stereocenters. The van der Waals surface area contributed by atoms with Crippen molar-refractivity contribution in [3.8, 4) is 6.07 Å². The Kier molecular flexibility index (Phi) is 5.87. The molecule has 0 aliphatic carbocycles. The third-order valence-corrected chi connectivity index (χ3v) is 2.28. The van der Waals surface area contributed by atoms with Crippen LogP contribution < -0.4 is 0 Å². The molecule has 0 N–H and O–H groups in total. The quantitative estimate of drug-likeness (QED) is 0.196. The van der Waals surface area contributed by atoms with E-state index in [0.29, 0.717) is 5.56 Å². The van der Waals surface area contributed by atoms with Gasteiger partial charge in [-0.25, -0.2) is 4.79 Å². The first kappa shape index (κ1) is 15.3. The number of nitrogens with zero attached hydrogens (tertiary/aromatic N) is 2. The molecule has 0 spiro atoms. The molecule has 0 heterocycles. The summed E-state index contributed by atoms with van der Waals surface area (Å²) >= 11 is 0. The molecule has 0 amide bonds. The Balaban J connectivity index is 2.81. The summed E-state index contributed by atoms with van der Waals surface area (Å²) in [4.78, 5) is 21.5. The zero-order valence-electron chi connectivity index (χ0n) is 10.7. The van der Waals surface area contributed by atoms with Gasteiger partial charge in [-0.1, -0.05) is 0 Å². The van der Waals surface area contributed by atoms with Crippen LogP contribution in [0.1, 0.15) is 5.56 Å². The van der Waals surface area contributed by atoms with Gasteiger partial charge in [0.15, 0.2) is 0 Å². The number of carbonyl (C=O) groups excluding carboxylic acids is 1. The number of hydrogen-bond donors (Lipinski definition) is 0. The highest BCUT2D eigenvalue weighted by Gasteiger charge is 2.11. The second-order valence-corrected chi connectivity index (χ2v) is 3.65. The second kappa shape index (κ2) is 7.66. The molecule has 0 atom stereocenters. The number of nitro benzene ring substituents is 1. The molecule has 0 aromatic heterocycles. The van der Waals surface area contributed by atoms with E-state index in [1.807, 2.05) is 0 Å². The van der Waals surface area contributed by atoms with Gasteiger partial charge in [0.25, 0.3) is 5.69 Å². The normalized spacial score (nSPS) is 10.7. The Morgan fingerprint density at radius 1 is 1.40 bits per heavy atom. The van der Waals surface area contributed by atoms with E-state index in [0.717, 1.165) is 0 Å². The maximum Gasteiger partial charge on any atom is 0.348 e. The number of carbonyl (C=O) groups is 1. The van der Waals surface area contributed by atoms with Crippen molar-refractivity contribution in [1.82, 2.24) is 0 Å².